The van der Waals surface area contributed by atoms with Crippen molar-refractivity contribution in [1.29, 1.82) is 0 Å². The van der Waals surface area contributed by atoms with Gasteiger partial charge in [0.25, 0.3) is 5.69 Å². The molecule has 136 valence electrons. The average Bonchev–Trinajstić information content (AvgIpc) is 2.65. The van der Waals surface area contributed by atoms with Gasteiger partial charge in [0.1, 0.15) is 0 Å². The van der Waals surface area contributed by atoms with Crippen LogP contribution in [0.2, 0.25) is 0 Å². The van der Waals surface area contributed by atoms with E-state index in [2.05, 4.69) is 4.98 Å². The maximum absolute atomic E-state index is 12.4. The Morgan fingerprint density at radius 3 is 2.48 bits per heavy atom. The molecule has 1 aromatic heterocycles. The predicted molar refractivity (Wildman–Crippen MR) is 97.0 cm³/mol. The van der Waals surface area contributed by atoms with E-state index >= 15 is 0 Å². The zero-order valence-electron chi connectivity index (χ0n) is 14.2. The Morgan fingerprint density at radius 1 is 1.11 bits per heavy atom. The number of ether oxygens (including phenoxy) is 1. The summed E-state index contributed by atoms with van der Waals surface area (Å²) in [5, 5.41) is 11.2. The Hall–Kier alpha value is -3.81. The van der Waals surface area contributed by atoms with E-state index in [9.17, 15) is 24.5 Å². The first-order valence-electron chi connectivity index (χ1n) is 7.93. The van der Waals surface area contributed by atoms with Gasteiger partial charge in [-0.2, -0.15) is 0 Å². The fourth-order valence-corrected chi connectivity index (χ4v) is 2.60. The van der Waals surface area contributed by atoms with Crippen LogP contribution in [0.4, 0.5) is 5.69 Å². The van der Waals surface area contributed by atoms with Gasteiger partial charge in [-0.3, -0.25) is 19.7 Å². The van der Waals surface area contributed by atoms with Gasteiger partial charge in [-0.15, -0.1) is 0 Å². The third-order valence-corrected chi connectivity index (χ3v) is 3.95. The second kappa shape index (κ2) is 7.20. The first-order valence-corrected chi connectivity index (χ1v) is 7.93. The lowest BCUT2D eigenvalue weighted by molar-refractivity contribution is -0.384. The molecular weight excluding hydrogens is 352 g/mol. The van der Waals surface area contributed by atoms with Crippen LogP contribution in [0.3, 0.4) is 0 Å². The van der Waals surface area contributed by atoms with Crippen molar-refractivity contribution in [2.45, 2.75) is 6.92 Å². The number of aromatic amines is 1. The number of ketones is 1. The van der Waals surface area contributed by atoms with Crippen molar-refractivity contribution in [3.63, 3.8) is 0 Å². The molecule has 0 unspecified atom stereocenters. The number of hydrogen-bond acceptors (Lipinski definition) is 6. The summed E-state index contributed by atoms with van der Waals surface area (Å²) in [5.74, 6) is -1.31. The van der Waals surface area contributed by atoms with Crippen LogP contribution in [0.5, 0.6) is 0 Å². The van der Waals surface area contributed by atoms with Crippen LogP contribution in [-0.2, 0) is 4.74 Å². The van der Waals surface area contributed by atoms with Gasteiger partial charge in [-0.1, -0.05) is 11.6 Å². The maximum atomic E-state index is 12.4. The normalized spacial score (nSPS) is 10.6. The molecule has 8 heteroatoms. The first kappa shape index (κ1) is 18.0. The number of rotatable bonds is 5. The Morgan fingerprint density at radius 2 is 1.81 bits per heavy atom. The van der Waals surface area contributed by atoms with Gasteiger partial charge in [-0.25, -0.2) is 4.79 Å². The number of nitro benzene ring substituents is 1. The highest BCUT2D eigenvalue weighted by atomic mass is 16.6. The van der Waals surface area contributed by atoms with E-state index in [-0.39, 0.29) is 16.8 Å². The van der Waals surface area contributed by atoms with Crippen LogP contribution in [0.15, 0.2) is 53.3 Å². The van der Waals surface area contributed by atoms with Crippen molar-refractivity contribution in [3.05, 3.63) is 85.7 Å². The van der Waals surface area contributed by atoms with Crippen molar-refractivity contribution < 1.29 is 19.2 Å². The molecule has 1 heterocycles. The number of benzene rings is 2. The molecule has 0 saturated heterocycles. The molecule has 8 nitrogen and oxygen atoms in total. The topological polar surface area (TPSA) is 119 Å². The highest BCUT2D eigenvalue weighted by Crippen LogP contribution is 2.18. The second-order valence-electron chi connectivity index (χ2n) is 5.90. The summed E-state index contributed by atoms with van der Waals surface area (Å²) in [4.78, 5) is 49.0. The smallest absolute Gasteiger partial charge is 0.339 e. The molecule has 0 radical (unpaired) electrons. The largest absolute Gasteiger partial charge is 0.454 e. The van der Waals surface area contributed by atoms with Crippen LogP contribution < -0.4 is 5.56 Å². The van der Waals surface area contributed by atoms with Gasteiger partial charge < -0.3 is 9.72 Å². The average molecular weight is 366 g/mol. The van der Waals surface area contributed by atoms with E-state index in [1.54, 1.807) is 18.2 Å². The number of nitrogens with zero attached hydrogens (tertiary/aromatic N) is 1. The molecule has 0 aliphatic heterocycles. The monoisotopic (exact) mass is 366 g/mol. The van der Waals surface area contributed by atoms with Gasteiger partial charge in [0.2, 0.25) is 5.56 Å². The van der Waals surface area contributed by atoms with E-state index < -0.39 is 28.8 Å². The van der Waals surface area contributed by atoms with Gasteiger partial charge in [0.05, 0.1) is 10.5 Å². The number of Topliss-reactive ketones (excluding diaryl/α,β-unsaturated/α-hetero) is 1. The SMILES string of the molecule is Cc1ccc2[nH]c(=O)cc(C(=O)OCC(=O)c3ccc([N+](=O)[O-])cc3)c2c1. The molecule has 27 heavy (non-hydrogen) atoms. The quantitative estimate of drug-likeness (QED) is 0.321. The molecule has 0 aliphatic carbocycles. The van der Waals surface area contributed by atoms with Gasteiger partial charge in [0, 0.05) is 34.7 Å². The Bertz CT molecular complexity index is 1120. The highest BCUT2D eigenvalue weighted by Gasteiger charge is 2.16. The number of aromatic nitrogens is 1. The molecule has 3 aromatic rings. The van der Waals surface area contributed by atoms with Gasteiger partial charge >= 0.3 is 5.97 Å². The summed E-state index contributed by atoms with van der Waals surface area (Å²) in [7, 11) is 0. The predicted octanol–water partition coefficient (Wildman–Crippen LogP) is 2.78. The van der Waals surface area contributed by atoms with E-state index in [0.717, 1.165) is 11.6 Å². The Kier molecular flexibility index (Phi) is 4.80. The van der Waals surface area contributed by atoms with E-state index in [0.29, 0.717) is 10.9 Å². The summed E-state index contributed by atoms with van der Waals surface area (Å²) >= 11 is 0. The number of carbonyl (C=O) groups is 2. The molecule has 0 aliphatic rings. The van der Waals surface area contributed by atoms with E-state index in [1.165, 1.54) is 24.3 Å². The van der Waals surface area contributed by atoms with Gasteiger partial charge in [0.15, 0.2) is 12.4 Å². The molecular formula is C19H14N2O6. The lowest BCUT2D eigenvalue weighted by Crippen LogP contribution is -2.17. The fraction of sp³-hybridized carbons (Fsp3) is 0.105. The molecule has 0 bridgehead atoms. The number of nitro groups is 1. The second-order valence-corrected chi connectivity index (χ2v) is 5.90. The molecule has 0 atom stereocenters. The minimum atomic E-state index is -0.799. The summed E-state index contributed by atoms with van der Waals surface area (Å²) in [5.41, 5.74) is 1.02. The summed E-state index contributed by atoms with van der Waals surface area (Å²) < 4.78 is 5.05. The van der Waals surface area contributed by atoms with Gasteiger partial charge in [-0.05, 0) is 31.2 Å². The number of carbonyl (C=O) groups excluding carboxylic acids is 2. The number of non-ortho nitro benzene ring substituents is 1. The maximum Gasteiger partial charge on any atom is 0.339 e. The van der Waals surface area contributed by atoms with Crippen molar-refractivity contribution in [3.8, 4) is 0 Å². The van der Waals surface area contributed by atoms with Crippen LogP contribution in [0, 0.1) is 17.0 Å². The Balaban J connectivity index is 1.79. The van der Waals surface area contributed by atoms with Crippen molar-refractivity contribution in [1.82, 2.24) is 4.98 Å². The lowest BCUT2D eigenvalue weighted by Gasteiger charge is -2.08. The first-order chi connectivity index (χ1) is 12.8. The highest BCUT2D eigenvalue weighted by molar-refractivity contribution is 6.05. The lowest BCUT2D eigenvalue weighted by atomic mass is 10.1. The molecule has 0 fully saturated rings. The molecule has 0 spiro atoms. The fourth-order valence-electron chi connectivity index (χ4n) is 2.60. The minimum absolute atomic E-state index is 0.0638. The third-order valence-electron chi connectivity index (χ3n) is 3.95. The van der Waals surface area contributed by atoms with Crippen molar-refractivity contribution in [2.75, 3.05) is 6.61 Å². The Labute approximate surface area is 152 Å². The summed E-state index contributed by atoms with van der Waals surface area (Å²) in [6.45, 7) is 1.30. The zero-order chi connectivity index (χ0) is 19.6. The summed E-state index contributed by atoms with van der Waals surface area (Å²) in [6.07, 6.45) is 0. The number of esters is 1. The van der Waals surface area contributed by atoms with Crippen LogP contribution in [-0.4, -0.2) is 28.3 Å². The number of fused-ring (bicyclic) bond motifs is 1. The van der Waals surface area contributed by atoms with Crippen LogP contribution in [0.25, 0.3) is 10.9 Å². The molecule has 1 N–H and O–H groups in total. The number of nitrogens with one attached hydrogen (secondary N) is 1. The number of H-pyrrole nitrogens is 1. The summed E-state index contributed by atoms with van der Waals surface area (Å²) in [6, 6.07) is 11.3. The molecule has 0 amide bonds. The van der Waals surface area contributed by atoms with E-state index in [4.69, 9.17) is 4.74 Å². The minimum Gasteiger partial charge on any atom is -0.454 e. The third kappa shape index (κ3) is 3.90. The van der Waals surface area contributed by atoms with Crippen molar-refractivity contribution in [2.24, 2.45) is 0 Å². The number of pyridine rings is 1. The number of hydrogen-bond donors (Lipinski definition) is 1. The van der Waals surface area contributed by atoms with E-state index in [1.807, 2.05) is 6.92 Å². The van der Waals surface area contributed by atoms with Crippen LogP contribution >= 0.6 is 0 Å². The zero-order valence-corrected chi connectivity index (χ0v) is 14.2. The molecule has 3 rings (SSSR count). The number of aryl methyl sites for hydroxylation is 1. The molecule has 0 saturated carbocycles. The standard InChI is InChI=1S/C19H14N2O6/c1-11-2-7-16-14(8-11)15(9-18(23)20-16)19(24)27-10-17(22)12-3-5-13(6-4-12)21(25)26/h2-9H,10H2,1H3,(H,20,23). The molecule has 2 aromatic carbocycles. The van der Waals surface area contributed by atoms with Crippen molar-refractivity contribution >= 4 is 28.3 Å². The van der Waals surface area contributed by atoms with Crippen LogP contribution in [0.1, 0.15) is 26.3 Å².